The third kappa shape index (κ3) is 6.96. The molecule has 11 heteroatoms. The Morgan fingerprint density at radius 1 is 1.03 bits per heavy atom. The quantitative estimate of drug-likeness (QED) is 0.114. The maximum Gasteiger partial charge on any atom is 0.338 e. The number of benzene rings is 2. The molecule has 0 atom stereocenters. The lowest BCUT2D eigenvalue weighted by Gasteiger charge is -2.09. The first kappa shape index (κ1) is 27.3. The van der Waals surface area contributed by atoms with Crippen LogP contribution in [0.5, 0.6) is 0 Å². The highest BCUT2D eigenvalue weighted by Crippen LogP contribution is 2.25. The van der Waals surface area contributed by atoms with Gasteiger partial charge in [0.05, 0.1) is 23.6 Å². The Hall–Kier alpha value is -3.76. The van der Waals surface area contributed by atoms with E-state index in [0.717, 1.165) is 24.2 Å². The SMILES string of the molecule is CCCCOC(=O)c1ccc(NC(=O)c2nnn(-c3ccc(Cl)cc3)c2CSc2nc(C)cc(C)n2)cc1. The number of hydrogen-bond donors (Lipinski definition) is 1. The molecule has 0 bridgehead atoms. The minimum absolute atomic E-state index is 0.167. The number of halogens is 1. The number of anilines is 1. The molecule has 1 N–H and O–H groups in total. The van der Waals surface area contributed by atoms with Crippen molar-refractivity contribution in [1.29, 1.82) is 0 Å². The highest BCUT2D eigenvalue weighted by molar-refractivity contribution is 7.98. The number of rotatable bonds is 10. The number of carbonyl (C=O) groups excluding carboxylic acids is 2. The summed E-state index contributed by atoms with van der Waals surface area (Å²) in [5.74, 6) is -0.473. The molecule has 0 aliphatic rings. The lowest BCUT2D eigenvalue weighted by molar-refractivity contribution is 0.0499. The second-order valence-corrected chi connectivity index (χ2v) is 9.89. The van der Waals surface area contributed by atoms with E-state index in [1.54, 1.807) is 53.2 Å². The van der Waals surface area contributed by atoms with E-state index in [1.165, 1.54) is 11.8 Å². The number of amides is 1. The summed E-state index contributed by atoms with van der Waals surface area (Å²) in [6, 6.07) is 15.5. The zero-order valence-corrected chi connectivity index (χ0v) is 22.8. The maximum atomic E-state index is 13.3. The fraction of sp³-hybridized carbons (Fsp3) is 0.259. The highest BCUT2D eigenvalue weighted by atomic mass is 35.5. The molecule has 9 nitrogen and oxygen atoms in total. The summed E-state index contributed by atoms with van der Waals surface area (Å²) in [5.41, 5.74) is 4.10. The molecule has 4 rings (SSSR count). The fourth-order valence-electron chi connectivity index (χ4n) is 3.56. The Labute approximate surface area is 230 Å². The summed E-state index contributed by atoms with van der Waals surface area (Å²) in [4.78, 5) is 34.4. The number of ether oxygens (including phenoxy) is 1. The van der Waals surface area contributed by atoms with Crippen LogP contribution in [0.3, 0.4) is 0 Å². The molecule has 0 aliphatic carbocycles. The van der Waals surface area contributed by atoms with Crippen molar-refractivity contribution in [2.24, 2.45) is 0 Å². The summed E-state index contributed by atoms with van der Waals surface area (Å²) in [6.45, 7) is 6.23. The molecular weight excluding hydrogens is 524 g/mol. The van der Waals surface area contributed by atoms with Crippen molar-refractivity contribution in [2.45, 2.75) is 44.5 Å². The van der Waals surface area contributed by atoms with Crippen LogP contribution in [-0.2, 0) is 10.5 Å². The predicted molar refractivity (Wildman–Crippen MR) is 147 cm³/mol. The van der Waals surface area contributed by atoms with Gasteiger partial charge in [0.15, 0.2) is 10.9 Å². The van der Waals surface area contributed by atoms with Gasteiger partial charge in [0.1, 0.15) is 0 Å². The lowest BCUT2D eigenvalue weighted by atomic mass is 10.2. The number of aryl methyl sites for hydroxylation is 2. The van der Waals surface area contributed by atoms with Crippen LogP contribution in [0.4, 0.5) is 5.69 Å². The number of carbonyl (C=O) groups is 2. The number of esters is 1. The monoisotopic (exact) mass is 550 g/mol. The second-order valence-electron chi connectivity index (χ2n) is 8.52. The molecule has 0 aliphatic heterocycles. The summed E-state index contributed by atoms with van der Waals surface area (Å²) in [5, 5.41) is 12.5. The van der Waals surface area contributed by atoms with E-state index in [4.69, 9.17) is 16.3 Å². The van der Waals surface area contributed by atoms with E-state index in [0.29, 0.717) is 45.2 Å². The zero-order valence-electron chi connectivity index (χ0n) is 21.3. The largest absolute Gasteiger partial charge is 0.462 e. The second kappa shape index (κ2) is 12.7. The third-order valence-corrected chi connectivity index (χ3v) is 6.57. The fourth-order valence-corrected chi connectivity index (χ4v) is 4.63. The van der Waals surface area contributed by atoms with Gasteiger partial charge in [-0.3, -0.25) is 4.79 Å². The van der Waals surface area contributed by atoms with Crippen molar-refractivity contribution >= 4 is 40.9 Å². The van der Waals surface area contributed by atoms with Crippen molar-refractivity contribution in [1.82, 2.24) is 25.0 Å². The molecule has 196 valence electrons. The van der Waals surface area contributed by atoms with Crippen LogP contribution in [0.2, 0.25) is 5.02 Å². The highest BCUT2D eigenvalue weighted by Gasteiger charge is 2.22. The number of aromatic nitrogens is 5. The minimum atomic E-state index is -0.430. The van der Waals surface area contributed by atoms with Gasteiger partial charge in [-0.05, 0) is 74.9 Å². The van der Waals surface area contributed by atoms with E-state index in [1.807, 2.05) is 26.8 Å². The van der Waals surface area contributed by atoms with Crippen molar-refractivity contribution < 1.29 is 14.3 Å². The number of hydrogen-bond acceptors (Lipinski definition) is 8. The Morgan fingerprint density at radius 3 is 2.37 bits per heavy atom. The van der Waals surface area contributed by atoms with Crippen LogP contribution >= 0.6 is 23.4 Å². The van der Waals surface area contributed by atoms with E-state index < -0.39 is 11.9 Å². The standard InChI is InChI=1S/C27H27ClN6O3S/c1-4-5-14-37-26(36)19-6-10-21(11-7-19)31-25(35)24-23(16-38-27-29-17(2)15-18(3)30-27)34(33-32-24)22-12-8-20(28)9-13-22/h6-13,15H,4-5,14,16H2,1-3H3,(H,31,35). The van der Waals surface area contributed by atoms with E-state index in [2.05, 4.69) is 25.6 Å². The van der Waals surface area contributed by atoms with Crippen LogP contribution in [0.25, 0.3) is 5.69 Å². The molecule has 2 aromatic heterocycles. The molecule has 0 radical (unpaired) electrons. The van der Waals surface area contributed by atoms with Gasteiger partial charge in [-0.1, -0.05) is 41.9 Å². The molecule has 2 heterocycles. The van der Waals surface area contributed by atoms with E-state index >= 15 is 0 Å². The normalized spacial score (nSPS) is 10.8. The Morgan fingerprint density at radius 2 is 1.71 bits per heavy atom. The predicted octanol–water partition coefficient (Wildman–Crippen LogP) is 5.83. The molecule has 1 amide bonds. The number of nitrogens with zero attached hydrogens (tertiary/aromatic N) is 5. The average molecular weight is 551 g/mol. The van der Waals surface area contributed by atoms with Gasteiger partial charge in [-0.2, -0.15) is 0 Å². The number of thioether (sulfide) groups is 1. The van der Waals surface area contributed by atoms with E-state index in [9.17, 15) is 9.59 Å². The van der Waals surface area contributed by atoms with Crippen molar-refractivity contribution in [2.75, 3.05) is 11.9 Å². The van der Waals surface area contributed by atoms with Crippen molar-refractivity contribution in [3.05, 3.63) is 88.0 Å². The van der Waals surface area contributed by atoms with E-state index in [-0.39, 0.29) is 5.69 Å². The molecule has 0 spiro atoms. The Balaban J connectivity index is 1.55. The van der Waals surface area contributed by atoms with Gasteiger partial charge in [0.2, 0.25) is 0 Å². The van der Waals surface area contributed by atoms with Crippen molar-refractivity contribution in [3.63, 3.8) is 0 Å². The summed E-state index contributed by atoms with van der Waals surface area (Å²) >= 11 is 7.45. The van der Waals surface area contributed by atoms with Gasteiger partial charge >= 0.3 is 5.97 Å². The Bertz CT molecular complexity index is 1400. The molecule has 0 fully saturated rings. The smallest absolute Gasteiger partial charge is 0.338 e. The van der Waals surface area contributed by atoms with Gasteiger partial charge in [0.25, 0.3) is 5.91 Å². The van der Waals surface area contributed by atoms with Gasteiger partial charge in [-0.15, -0.1) is 5.10 Å². The van der Waals surface area contributed by atoms with Gasteiger partial charge in [-0.25, -0.2) is 19.4 Å². The van der Waals surface area contributed by atoms with Gasteiger partial charge in [0, 0.05) is 27.9 Å². The van der Waals surface area contributed by atoms with Crippen LogP contribution in [0.1, 0.15) is 57.7 Å². The molecular formula is C27H27ClN6O3S. The van der Waals surface area contributed by atoms with Gasteiger partial charge < -0.3 is 10.1 Å². The molecule has 0 unspecified atom stereocenters. The van der Waals surface area contributed by atoms with Crippen LogP contribution < -0.4 is 5.32 Å². The molecule has 0 saturated heterocycles. The van der Waals surface area contributed by atoms with Crippen LogP contribution in [0, 0.1) is 13.8 Å². The lowest BCUT2D eigenvalue weighted by Crippen LogP contribution is -2.15. The number of unbranched alkanes of at least 4 members (excludes halogenated alkanes) is 1. The first-order valence-electron chi connectivity index (χ1n) is 12.1. The number of nitrogens with one attached hydrogen (secondary N) is 1. The summed E-state index contributed by atoms with van der Waals surface area (Å²) in [7, 11) is 0. The Kier molecular flexibility index (Phi) is 9.09. The maximum absolute atomic E-state index is 13.3. The molecule has 2 aromatic carbocycles. The summed E-state index contributed by atoms with van der Waals surface area (Å²) in [6.07, 6.45) is 1.76. The topological polar surface area (TPSA) is 112 Å². The minimum Gasteiger partial charge on any atom is -0.462 e. The molecule has 4 aromatic rings. The first-order chi connectivity index (χ1) is 18.3. The van der Waals surface area contributed by atoms with Crippen LogP contribution in [0.15, 0.2) is 59.8 Å². The molecule has 0 saturated carbocycles. The summed E-state index contributed by atoms with van der Waals surface area (Å²) < 4.78 is 6.84. The first-order valence-corrected chi connectivity index (χ1v) is 13.4. The zero-order chi connectivity index (χ0) is 27.1. The van der Waals surface area contributed by atoms with Crippen LogP contribution in [-0.4, -0.2) is 43.4 Å². The third-order valence-electron chi connectivity index (χ3n) is 5.46. The average Bonchev–Trinajstić information content (AvgIpc) is 3.32. The van der Waals surface area contributed by atoms with Crippen molar-refractivity contribution in [3.8, 4) is 5.69 Å². The molecule has 38 heavy (non-hydrogen) atoms.